The van der Waals surface area contributed by atoms with Crippen molar-refractivity contribution >= 4 is 46.7 Å². The Morgan fingerprint density at radius 2 is 1.61 bits per heavy atom. The Bertz CT molecular complexity index is 965. The number of hydrogen-bond donors (Lipinski definition) is 3. The van der Waals surface area contributed by atoms with E-state index in [1.54, 1.807) is 51.1 Å². The number of hydrogen-bond acceptors (Lipinski definition) is 9. The first-order valence-corrected chi connectivity index (χ1v) is 12.3. The number of carbonyl (C=O) groups excluding carboxylic acids is 4. The van der Waals surface area contributed by atoms with E-state index in [9.17, 15) is 24.0 Å². The highest BCUT2D eigenvalue weighted by Gasteiger charge is 2.18. The highest BCUT2D eigenvalue weighted by Crippen LogP contribution is 2.06. The molecule has 12 nitrogen and oxygen atoms in total. The summed E-state index contributed by atoms with van der Waals surface area (Å²) in [5.74, 6) is -3.09. The molecule has 0 aliphatic rings. The molecule has 0 aliphatic heterocycles. The number of carboxylic acids is 1. The molecular weight excluding hydrogens is 518 g/mol. The topological polar surface area (TPSA) is 161 Å². The van der Waals surface area contributed by atoms with Crippen molar-refractivity contribution in [3.8, 4) is 0 Å². The third-order valence-electron chi connectivity index (χ3n) is 4.50. The van der Waals surface area contributed by atoms with Crippen LogP contribution < -0.4 is 10.6 Å². The van der Waals surface area contributed by atoms with Gasteiger partial charge in [-0.3, -0.25) is 19.2 Å². The number of carbonyl (C=O) groups is 5. The molecule has 0 spiro atoms. The fourth-order valence-electron chi connectivity index (χ4n) is 2.84. The van der Waals surface area contributed by atoms with Crippen molar-refractivity contribution in [2.75, 3.05) is 52.6 Å². The summed E-state index contributed by atoms with van der Waals surface area (Å²) in [6.07, 6.45) is -0.0655. The molecule has 0 unspecified atom stereocenters. The van der Waals surface area contributed by atoms with Gasteiger partial charge in [-0.2, -0.15) is 0 Å². The molecule has 0 radical (unpaired) electrons. The van der Waals surface area contributed by atoms with Gasteiger partial charge in [0.15, 0.2) is 5.78 Å². The standard InChI is InChI=1S/C25H35N3O9S/c1-25(2,3)37-24(34)17-36-12-11-35-10-9-28(16-23(32)33)22(31)15-26-20(30)14-27-21(38)13-19(29)18-7-5-4-6-8-18/h4-8H,9-17H2,1-3H3,(H,26,30)(H,27,38)(H,32,33). The predicted octanol–water partition coefficient (Wildman–Crippen LogP) is 0.581. The molecule has 210 valence electrons. The molecule has 0 atom stereocenters. The van der Waals surface area contributed by atoms with Crippen molar-refractivity contribution < 1.29 is 43.3 Å². The zero-order chi connectivity index (χ0) is 28.6. The Hall–Kier alpha value is -3.42. The lowest BCUT2D eigenvalue weighted by Gasteiger charge is -2.21. The van der Waals surface area contributed by atoms with E-state index in [2.05, 4.69) is 10.6 Å². The van der Waals surface area contributed by atoms with Gasteiger partial charge in [-0.25, -0.2) is 4.79 Å². The Morgan fingerprint density at radius 3 is 2.24 bits per heavy atom. The average Bonchev–Trinajstić information content (AvgIpc) is 2.83. The van der Waals surface area contributed by atoms with Crippen molar-refractivity contribution in [3.05, 3.63) is 35.9 Å². The van der Waals surface area contributed by atoms with Crippen LogP contribution in [0.1, 0.15) is 37.6 Å². The number of carboxylic acid groups (broad SMARTS) is 1. The number of rotatable bonds is 17. The molecule has 0 aliphatic carbocycles. The van der Waals surface area contributed by atoms with E-state index in [4.69, 9.17) is 31.5 Å². The van der Waals surface area contributed by atoms with Crippen molar-refractivity contribution in [1.82, 2.24) is 15.5 Å². The lowest BCUT2D eigenvalue weighted by atomic mass is 10.1. The summed E-state index contributed by atoms with van der Waals surface area (Å²) in [7, 11) is 0. The lowest BCUT2D eigenvalue weighted by molar-refractivity contribution is -0.160. The van der Waals surface area contributed by atoms with Gasteiger partial charge in [-0.1, -0.05) is 42.5 Å². The minimum atomic E-state index is -1.22. The number of thiocarbonyl (C=S) groups is 1. The van der Waals surface area contributed by atoms with Crippen LogP contribution in [0.3, 0.4) is 0 Å². The number of benzene rings is 1. The monoisotopic (exact) mass is 553 g/mol. The molecule has 1 aromatic carbocycles. The largest absolute Gasteiger partial charge is 0.480 e. The van der Waals surface area contributed by atoms with Gasteiger partial charge in [-0.15, -0.1) is 0 Å². The third-order valence-corrected chi connectivity index (χ3v) is 4.78. The molecule has 0 saturated heterocycles. The normalized spacial score (nSPS) is 10.8. The predicted molar refractivity (Wildman–Crippen MR) is 141 cm³/mol. The van der Waals surface area contributed by atoms with E-state index in [0.29, 0.717) is 5.56 Å². The summed E-state index contributed by atoms with van der Waals surface area (Å²) in [5, 5.41) is 14.1. The first kappa shape index (κ1) is 32.6. The van der Waals surface area contributed by atoms with Crippen LogP contribution in [0, 0.1) is 0 Å². The molecule has 0 fully saturated rings. The van der Waals surface area contributed by atoms with E-state index >= 15 is 0 Å². The summed E-state index contributed by atoms with van der Waals surface area (Å²) < 4.78 is 15.6. The van der Waals surface area contributed by atoms with Crippen LogP contribution >= 0.6 is 12.2 Å². The van der Waals surface area contributed by atoms with Gasteiger partial charge < -0.3 is 34.9 Å². The Labute approximate surface area is 227 Å². The van der Waals surface area contributed by atoms with Crippen LogP contribution in [-0.2, 0) is 33.4 Å². The van der Waals surface area contributed by atoms with Gasteiger partial charge in [-0.05, 0) is 20.8 Å². The highest BCUT2D eigenvalue weighted by molar-refractivity contribution is 7.80. The Balaban J connectivity index is 2.30. The van der Waals surface area contributed by atoms with E-state index in [1.807, 2.05) is 0 Å². The Morgan fingerprint density at radius 1 is 0.947 bits per heavy atom. The molecule has 13 heteroatoms. The summed E-state index contributed by atoms with van der Waals surface area (Å²) in [6.45, 7) is 3.96. The van der Waals surface area contributed by atoms with Crippen LogP contribution in [0.25, 0.3) is 0 Å². The maximum atomic E-state index is 12.4. The zero-order valence-electron chi connectivity index (χ0n) is 21.8. The summed E-state index contributed by atoms with van der Waals surface area (Å²) >= 11 is 5.09. The Kier molecular flexibility index (Phi) is 14.7. The van der Waals surface area contributed by atoms with Crippen molar-refractivity contribution in [2.45, 2.75) is 32.8 Å². The SMILES string of the molecule is CC(C)(C)OC(=O)COCCOCCN(CC(=O)O)C(=O)CNC(=O)CNC(=S)CC(=O)c1ccccc1. The van der Waals surface area contributed by atoms with Crippen molar-refractivity contribution in [2.24, 2.45) is 0 Å². The van der Waals surface area contributed by atoms with Crippen LogP contribution in [0.4, 0.5) is 0 Å². The smallest absolute Gasteiger partial charge is 0.332 e. The second kappa shape index (κ2) is 17.2. The maximum absolute atomic E-state index is 12.4. The lowest BCUT2D eigenvalue weighted by Crippen LogP contribution is -2.46. The van der Waals surface area contributed by atoms with Gasteiger partial charge in [0, 0.05) is 12.1 Å². The highest BCUT2D eigenvalue weighted by atomic mass is 32.1. The van der Waals surface area contributed by atoms with Gasteiger partial charge in [0.2, 0.25) is 11.8 Å². The fourth-order valence-corrected chi connectivity index (χ4v) is 3.04. The van der Waals surface area contributed by atoms with Crippen LogP contribution in [0.2, 0.25) is 0 Å². The second-order valence-corrected chi connectivity index (χ2v) is 9.47. The van der Waals surface area contributed by atoms with Gasteiger partial charge in [0.25, 0.3) is 0 Å². The minimum absolute atomic E-state index is 0.0219. The van der Waals surface area contributed by atoms with E-state index in [1.165, 1.54) is 0 Å². The third kappa shape index (κ3) is 15.6. The second-order valence-electron chi connectivity index (χ2n) is 8.98. The number of amides is 2. The average molecular weight is 554 g/mol. The van der Waals surface area contributed by atoms with Crippen LogP contribution in [0.15, 0.2) is 30.3 Å². The number of nitrogens with one attached hydrogen (secondary N) is 2. The molecule has 1 aromatic rings. The molecule has 3 N–H and O–H groups in total. The van der Waals surface area contributed by atoms with E-state index in [0.717, 1.165) is 4.90 Å². The van der Waals surface area contributed by atoms with Crippen molar-refractivity contribution in [3.63, 3.8) is 0 Å². The maximum Gasteiger partial charge on any atom is 0.332 e. The molecule has 38 heavy (non-hydrogen) atoms. The van der Waals surface area contributed by atoms with Gasteiger partial charge in [0.1, 0.15) is 18.8 Å². The van der Waals surface area contributed by atoms with Gasteiger partial charge in [0.05, 0.1) is 44.3 Å². The number of esters is 1. The number of Topliss-reactive ketones (excluding diaryl/α,β-unsaturated/α-hetero) is 1. The zero-order valence-corrected chi connectivity index (χ0v) is 22.6. The molecule has 2 amide bonds. The van der Waals surface area contributed by atoms with E-state index in [-0.39, 0.29) is 56.7 Å². The van der Waals surface area contributed by atoms with Crippen LogP contribution in [0.5, 0.6) is 0 Å². The number of ketones is 1. The number of nitrogens with zero attached hydrogens (tertiary/aromatic N) is 1. The summed E-state index contributed by atoms with van der Waals surface area (Å²) in [4.78, 5) is 60.5. The number of aliphatic carboxylic acids is 1. The van der Waals surface area contributed by atoms with Gasteiger partial charge >= 0.3 is 11.9 Å². The summed E-state index contributed by atoms with van der Waals surface area (Å²) in [6, 6.07) is 8.58. The number of ether oxygens (including phenoxy) is 3. The summed E-state index contributed by atoms with van der Waals surface area (Å²) in [5.41, 5.74) is -0.106. The molecule has 0 bridgehead atoms. The minimum Gasteiger partial charge on any atom is -0.480 e. The van der Waals surface area contributed by atoms with E-state index < -0.39 is 42.4 Å². The molecule has 1 rings (SSSR count). The molecule has 0 aromatic heterocycles. The van der Waals surface area contributed by atoms with Crippen LogP contribution in [-0.4, -0.2) is 103 Å². The first-order chi connectivity index (χ1) is 17.9. The fraction of sp³-hybridized carbons (Fsp3) is 0.520. The quantitative estimate of drug-likeness (QED) is 0.107. The molecular formula is C25H35N3O9S. The molecule has 0 saturated carbocycles. The van der Waals surface area contributed by atoms with Crippen molar-refractivity contribution in [1.29, 1.82) is 0 Å². The first-order valence-electron chi connectivity index (χ1n) is 11.9. The molecule has 0 heterocycles.